The van der Waals surface area contributed by atoms with Crippen LogP contribution in [-0.2, 0) is 40.0 Å². The lowest BCUT2D eigenvalue weighted by atomic mass is 9.96. The van der Waals surface area contributed by atoms with Crippen molar-refractivity contribution in [3.05, 3.63) is 35.9 Å². The van der Waals surface area contributed by atoms with E-state index in [0.29, 0.717) is 25.7 Å². The van der Waals surface area contributed by atoms with Gasteiger partial charge in [0, 0.05) is 19.5 Å². The Bertz CT molecular complexity index is 1480. The van der Waals surface area contributed by atoms with Gasteiger partial charge in [0.2, 0.25) is 17.7 Å². The largest absolute Gasteiger partial charge is 0.490 e. The van der Waals surface area contributed by atoms with Crippen molar-refractivity contribution in [3.63, 3.8) is 0 Å². The molecule has 27 heteroatoms. The molecule has 1 fully saturated rings. The van der Waals surface area contributed by atoms with Gasteiger partial charge in [0.25, 0.3) is 0 Å². The van der Waals surface area contributed by atoms with E-state index in [9.17, 15) is 77.0 Å². The van der Waals surface area contributed by atoms with Gasteiger partial charge in [0.05, 0.1) is 12.0 Å². The van der Waals surface area contributed by atoms with E-state index in [1.807, 2.05) is 6.92 Å². The van der Waals surface area contributed by atoms with Crippen molar-refractivity contribution >= 4 is 41.6 Å². The van der Waals surface area contributed by atoms with E-state index < -0.39 is 97.3 Å². The Morgan fingerprint density at radius 1 is 0.683 bits per heavy atom. The minimum Gasteiger partial charge on any atom is -0.481 e. The van der Waals surface area contributed by atoms with Crippen LogP contribution in [0.3, 0.4) is 0 Å². The summed E-state index contributed by atoms with van der Waals surface area (Å²) in [5.74, 6) is -11.5. The van der Waals surface area contributed by atoms with Crippen LogP contribution in [0.25, 0.3) is 0 Å². The fraction of sp³-hybridized carbons (Fsp3) is 0.606. The predicted octanol–water partition coefficient (Wildman–Crippen LogP) is 4.67. The van der Waals surface area contributed by atoms with Crippen molar-refractivity contribution in [2.45, 2.75) is 108 Å². The molecule has 0 aromatic heterocycles. The van der Waals surface area contributed by atoms with Crippen LogP contribution in [0.15, 0.2) is 30.3 Å². The molecule has 0 bridgehead atoms. The Kier molecular flexibility index (Phi) is 24.6. The number of nitrogens with two attached hydrogens (primary N) is 1. The van der Waals surface area contributed by atoms with Crippen LogP contribution in [-0.4, -0.2) is 123 Å². The number of nitrogens with zero attached hydrogens (tertiary/aromatic N) is 1. The van der Waals surface area contributed by atoms with Crippen molar-refractivity contribution in [1.29, 1.82) is 0 Å². The second-order valence-electron chi connectivity index (χ2n) is 12.4. The number of rotatable bonds is 14. The number of aliphatic carboxylic acids is 4. The number of carboxylic acids is 4. The number of nitrogens with one attached hydrogen (secondary N) is 2. The van der Waals surface area contributed by atoms with Gasteiger partial charge < -0.3 is 41.7 Å². The highest BCUT2D eigenvalue weighted by atomic mass is 19.4. The number of carboxylic acid groups (broad SMARTS) is 4. The molecule has 1 aliphatic rings. The van der Waals surface area contributed by atoms with E-state index in [1.54, 1.807) is 30.3 Å². The summed E-state index contributed by atoms with van der Waals surface area (Å²) in [5, 5.41) is 35.7. The molecule has 0 spiro atoms. The first-order valence-electron chi connectivity index (χ1n) is 17.1. The van der Waals surface area contributed by atoms with E-state index in [-0.39, 0.29) is 31.8 Å². The van der Waals surface area contributed by atoms with Crippen molar-refractivity contribution < 1.29 is 107 Å². The van der Waals surface area contributed by atoms with Gasteiger partial charge in [-0.15, -0.1) is 0 Å². The molecule has 1 heterocycles. The standard InChI is InChI=1S/C27H39F3N4O5.3C2HF3O2/c1-2-3-10-22(25(37)34-15-12-19(13-16-34)26(38)39)33-24(36)21(11-7-14-27(28,29)30)32-23(35)20(31)17-18-8-5-4-6-9-18;3*3-2(4,5)1(6)7/h4-6,8-9,19-22H,2-3,7,10-17,31H2,1H3,(H,32,35)(H,33,36)(H,38,39);3*(H,6,7)/t20-,21-,22?;;;/m1.../s1. The average molecular weight is 899 g/mol. The molecular formula is C33H42F12N4O11. The summed E-state index contributed by atoms with van der Waals surface area (Å²) in [5.41, 5.74) is 6.80. The molecule has 15 nitrogen and oxygen atoms in total. The predicted molar refractivity (Wildman–Crippen MR) is 179 cm³/mol. The number of benzene rings is 1. The molecule has 3 atom stereocenters. The third kappa shape index (κ3) is 25.9. The van der Waals surface area contributed by atoms with Crippen LogP contribution in [0.5, 0.6) is 0 Å². The fourth-order valence-electron chi connectivity index (χ4n) is 4.52. The number of halogens is 12. The molecule has 0 radical (unpaired) electrons. The zero-order valence-corrected chi connectivity index (χ0v) is 31.2. The van der Waals surface area contributed by atoms with Gasteiger partial charge in [-0.3, -0.25) is 19.2 Å². The number of carbonyl (C=O) groups excluding carboxylic acids is 3. The summed E-state index contributed by atoms with van der Waals surface area (Å²) < 4.78 is 134. The number of unbranched alkanes of at least 4 members (excludes halogenated alkanes) is 1. The van der Waals surface area contributed by atoms with Crippen LogP contribution in [0.2, 0.25) is 0 Å². The molecule has 3 amide bonds. The van der Waals surface area contributed by atoms with E-state index in [4.69, 9.17) is 35.4 Å². The summed E-state index contributed by atoms with van der Waals surface area (Å²) >= 11 is 0. The lowest BCUT2D eigenvalue weighted by Gasteiger charge is -2.33. The second-order valence-corrected chi connectivity index (χ2v) is 12.4. The maximum absolute atomic E-state index is 13.2. The highest BCUT2D eigenvalue weighted by Gasteiger charge is 2.40. The molecule has 344 valence electrons. The lowest BCUT2D eigenvalue weighted by Crippen LogP contribution is -2.57. The van der Waals surface area contributed by atoms with Gasteiger partial charge in [-0.25, -0.2) is 14.4 Å². The summed E-state index contributed by atoms with van der Waals surface area (Å²) in [7, 11) is 0. The Labute approximate surface area is 332 Å². The number of alkyl halides is 12. The van der Waals surface area contributed by atoms with Gasteiger partial charge in [0.1, 0.15) is 12.1 Å². The monoisotopic (exact) mass is 898 g/mol. The van der Waals surface area contributed by atoms with Gasteiger partial charge in [-0.05, 0) is 44.1 Å². The summed E-state index contributed by atoms with van der Waals surface area (Å²) in [6.07, 6.45) is -19.1. The van der Waals surface area contributed by atoms with Crippen LogP contribution in [0, 0.1) is 5.92 Å². The van der Waals surface area contributed by atoms with Gasteiger partial charge in [-0.1, -0.05) is 50.1 Å². The third-order valence-electron chi connectivity index (χ3n) is 7.57. The van der Waals surface area contributed by atoms with Crippen LogP contribution in [0.1, 0.15) is 63.9 Å². The highest BCUT2D eigenvalue weighted by Crippen LogP contribution is 2.23. The summed E-state index contributed by atoms with van der Waals surface area (Å²) in [6.45, 7) is 2.37. The number of likely N-dealkylation sites (tertiary alicyclic amines) is 1. The first kappa shape index (κ1) is 56.7. The molecule has 0 aliphatic carbocycles. The molecule has 1 aromatic rings. The van der Waals surface area contributed by atoms with E-state index in [0.717, 1.165) is 12.0 Å². The smallest absolute Gasteiger partial charge is 0.481 e. The Morgan fingerprint density at radius 3 is 1.45 bits per heavy atom. The number of piperidine rings is 1. The molecule has 60 heavy (non-hydrogen) atoms. The highest BCUT2D eigenvalue weighted by molar-refractivity contribution is 5.93. The topological polar surface area (TPSA) is 254 Å². The van der Waals surface area contributed by atoms with Crippen molar-refractivity contribution in [2.24, 2.45) is 11.7 Å². The molecule has 1 unspecified atom stereocenters. The van der Waals surface area contributed by atoms with E-state index in [1.165, 1.54) is 4.90 Å². The third-order valence-corrected chi connectivity index (χ3v) is 7.57. The maximum Gasteiger partial charge on any atom is 0.490 e. The quantitative estimate of drug-likeness (QED) is 0.126. The zero-order chi connectivity index (χ0) is 47.2. The number of amides is 3. The van der Waals surface area contributed by atoms with Crippen LogP contribution < -0.4 is 16.4 Å². The van der Waals surface area contributed by atoms with E-state index in [2.05, 4.69) is 10.6 Å². The first-order chi connectivity index (χ1) is 27.2. The van der Waals surface area contributed by atoms with Crippen LogP contribution >= 0.6 is 0 Å². The second kappa shape index (κ2) is 26.0. The van der Waals surface area contributed by atoms with Crippen LogP contribution in [0.4, 0.5) is 52.7 Å². The summed E-state index contributed by atoms with van der Waals surface area (Å²) in [6, 6.07) is 5.65. The minimum atomic E-state index is -5.08. The van der Waals surface area contributed by atoms with Crippen molar-refractivity contribution in [3.8, 4) is 0 Å². The molecule has 2 rings (SSSR count). The fourth-order valence-corrected chi connectivity index (χ4v) is 4.52. The SMILES string of the molecule is CCCCC(NC(=O)[C@@H](CCCC(F)(F)F)NC(=O)[C@H](N)Cc1ccccc1)C(=O)N1CCC(C(=O)O)CC1.O=C(O)C(F)(F)F.O=C(O)C(F)(F)F.O=C(O)C(F)(F)F. The van der Waals surface area contributed by atoms with Gasteiger partial charge in [-0.2, -0.15) is 52.7 Å². The van der Waals surface area contributed by atoms with E-state index >= 15 is 0 Å². The molecule has 1 aliphatic heterocycles. The number of hydrogen-bond acceptors (Lipinski definition) is 8. The Morgan fingerprint density at radius 2 is 1.08 bits per heavy atom. The van der Waals surface area contributed by atoms with Crippen molar-refractivity contribution in [2.75, 3.05) is 13.1 Å². The average Bonchev–Trinajstić information content (AvgIpc) is 3.12. The zero-order valence-electron chi connectivity index (χ0n) is 31.2. The molecule has 0 saturated carbocycles. The maximum atomic E-state index is 13.2. The number of hydrogen-bond donors (Lipinski definition) is 7. The minimum absolute atomic E-state index is 0.174. The normalized spacial score (nSPS) is 14.8. The molecule has 1 aromatic carbocycles. The molecular weight excluding hydrogens is 856 g/mol. The first-order valence-corrected chi connectivity index (χ1v) is 17.1. The van der Waals surface area contributed by atoms with Gasteiger partial charge in [0.15, 0.2) is 0 Å². The number of carbonyl (C=O) groups is 7. The Balaban J connectivity index is 0. The summed E-state index contributed by atoms with van der Waals surface area (Å²) in [4.78, 5) is 78.7. The molecule has 1 saturated heterocycles. The lowest BCUT2D eigenvalue weighted by molar-refractivity contribution is -0.193. The Hall–Kier alpha value is -5.37. The van der Waals surface area contributed by atoms with Gasteiger partial charge >= 0.3 is 48.6 Å². The molecule has 8 N–H and O–H groups in total. The van der Waals surface area contributed by atoms with Crippen molar-refractivity contribution in [1.82, 2.24) is 15.5 Å².